The van der Waals surface area contributed by atoms with Crippen LogP contribution in [0.3, 0.4) is 0 Å². The number of nitriles is 1. The molecular weight excluding hydrogens is 248 g/mol. The summed E-state index contributed by atoms with van der Waals surface area (Å²) >= 11 is 0. The topological polar surface area (TPSA) is 108 Å². The first-order valence-electron chi connectivity index (χ1n) is 5.90. The Kier molecular flexibility index (Phi) is 2.59. The van der Waals surface area contributed by atoms with Gasteiger partial charge in [-0.25, -0.2) is 9.78 Å². The maximum absolute atomic E-state index is 11.4. The van der Waals surface area contributed by atoms with E-state index in [4.69, 9.17) is 15.7 Å². The Bertz CT molecular complexity index is 569. The smallest absolute Gasteiger partial charge is 0.410 e. The number of rotatable bonds is 1. The molecule has 0 aromatic carbocycles. The highest BCUT2D eigenvalue weighted by Crippen LogP contribution is 2.21. The molecule has 1 aromatic heterocycles. The number of carbonyl (C=O) groups excluding carboxylic acids is 1. The summed E-state index contributed by atoms with van der Waals surface area (Å²) in [6.07, 6.45) is 1.16. The number of hydrogen-bond acceptors (Lipinski definition) is 7. The third-order valence-electron chi connectivity index (χ3n) is 3.33. The van der Waals surface area contributed by atoms with Crippen molar-refractivity contribution in [3.63, 3.8) is 0 Å². The number of ether oxygens (including phenoxy) is 1. The van der Waals surface area contributed by atoms with E-state index in [-0.39, 0.29) is 23.5 Å². The normalized spacial score (nSPS) is 21.8. The van der Waals surface area contributed by atoms with Crippen LogP contribution < -0.4 is 10.6 Å². The van der Waals surface area contributed by atoms with E-state index in [1.54, 1.807) is 4.90 Å². The van der Waals surface area contributed by atoms with Gasteiger partial charge >= 0.3 is 6.09 Å². The number of fused-ring (bicyclic) bond motifs is 1. The van der Waals surface area contributed by atoms with Crippen LogP contribution in [-0.2, 0) is 4.74 Å². The third kappa shape index (κ3) is 1.89. The van der Waals surface area contributed by atoms with E-state index < -0.39 is 0 Å². The van der Waals surface area contributed by atoms with Crippen molar-refractivity contribution >= 4 is 17.9 Å². The summed E-state index contributed by atoms with van der Waals surface area (Å²) in [4.78, 5) is 23.3. The molecule has 0 bridgehead atoms. The van der Waals surface area contributed by atoms with Crippen molar-refractivity contribution < 1.29 is 9.53 Å². The number of anilines is 2. The van der Waals surface area contributed by atoms with Gasteiger partial charge < -0.3 is 15.4 Å². The molecule has 98 valence electrons. The fourth-order valence-corrected chi connectivity index (χ4v) is 2.29. The van der Waals surface area contributed by atoms with Gasteiger partial charge in [0.25, 0.3) is 0 Å². The van der Waals surface area contributed by atoms with Gasteiger partial charge in [0.05, 0.1) is 12.2 Å². The minimum Gasteiger partial charge on any atom is -0.447 e. The van der Waals surface area contributed by atoms with Crippen LogP contribution in [0, 0.1) is 11.3 Å². The van der Waals surface area contributed by atoms with Gasteiger partial charge in [0.15, 0.2) is 0 Å². The van der Waals surface area contributed by atoms with E-state index in [0.717, 1.165) is 0 Å². The summed E-state index contributed by atoms with van der Waals surface area (Å²) in [5.74, 6) is 0.657. The van der Waals surface area contributed by atoms with Gasteiger partial charge in [0, 0.05) is 19.6 Å². The first-order chi connectivity index (χ1) is 9.19. The van der Waals surface area contributed by atoms with E-state index in [1.807, 2.05) is 11.0 Å². The molecule has 1 amide bonds. The van der Waals surface area contributed by atoms with Crippen LogP contribution in [-0.4, -0.2) is 53.2 Å². The van der Waals surface area contributed by atoms with E-state index in [2.05, 4.69) is 9.97 Å². The average Bonchev–Trinajstić information content (AvgIpc) is 2.80. The van der Waals surface area contributed by atoms with Crippen LogP contribution in [0.25, 0.3) is 0 Å². The lowest BCUT2D eigenvalue weighted by Gasteiger charge is -2.35. The van der Waals surface area contributed by atoms with Crippen LogP contribution in [0.4, 0.5) is 16.6 Å². The number of carbonyl (C=O) groups is 1. The molecule has 0 radical (unpaired) electrons. The molecule has 2 N–H and O–H groups in total. The second kappa shape index (κ2) is 4.28. The first kappa shape index (κ1) is 11.5. The van der Waals surface area contributed by atoms with Crippen molar-refractivity contribution in [3.05, 3.63) is 11.8 Å². The van der Waals surface area contributed by atoms with Gasteiger partial charge in [-0.2, -0.15) is 10.2 Å². The minimum absolute atomic E-state index is 0.0294. The molecule has 3 heterocycles. The molecule has 2 aliphatic heterocycles. The van der Waals surface area contributed by atoms with Crippen molar-refractivity contribution in [1.82, 2.24) is 14.9 Å². The second-order valence-corrected chi connectivity index (χ2v) is 4.45. The molecule has 0 aliphatic carbocycles. The summed E-state index contributed by atoms with van der Waals surface area (Å²) in [5, 5.41) is 8.79. The quantitative estimate of drug-likeness (QED) is 0.729. The second-order valence-electron chi connectivity index (χ2n) is 4.45. The van der Waals surface area contributed by atoms with Gasteiger partial charge in [0.1, 0.15) is 24.1 Å². The standard InChI is InChI=1S/C11H12N6O2/c12-3-7-4-14-10(15-9(7)13)16-1-2-17-8(5-16)6-19-11(17)18/h4,8H,1-2,5-6H2,(H2,13,14,15). The fourth-order valence-electron chi connectivity index (χ4n) is 2.29. The molecule has 0 spiro atoms. The lowest BCUT2D eigenvalue weighted by Crippen LogP contribution is -2.52. The molecule has 3 rings (SSSR count). The van der Waals surface area contributed by atoms with Gasteiger partial charge in [-0.15, -0.1) is 0 Å². The predicted octanol–water partition coefficient (Wildman–Crippen LogP) is -0.429. The zero-order valence-electron chi connectivity index (χ0n) is 10.1. The van der Waals surface area contributed by atoms with Crippen LogP contribution in [0.15, 0.2) is 6.20 Å². The Labute approximate surface area is 109 Å². The number of amides is 1. The Morgan fingerprint density at radius 2 is 2.37 bits per heavy atom. The maximum Gasteiger partial charge on any atom is 0.410 e. The Hall–Kier alpha value is -2.56. The monoisotopic (exact) mass is 260 g/mol. The molecule has 8 nitrogen and oxygen atoms in total. The summed E-state index contributed by atoms with van der Waals surface area (Å²) in [7, 11) is 0. The highest BCUT2D eigenvalue weighted by Gasteiger charge is 2.38. The third-order valence-corrected chi connectivity index (χ3v) is 3.33. The number of nitrogens with two attached hydrogens (primary N) is 1. The molecule has 2 saturated heterocycles. The summed E-state index contributed by atoms with van der Waals surface area (Å²) in [6.45, 7) is 2.20. The summed E-state index contributed by atoms with van der Waals surface area (Å²) < 4.78 is 5.00. The molecular formula is C11H12N6O2. The van der Waals surface area contributed by atoms with Gasteiger partial charge in [-0.3, -0.25) is 4.90 Å². The number of cyclic esters (lactones) is 1. The largest absolute Gasteiger partial charge is 0.447 e. The Balaban J connectivity index is 1.79. The molecule has 19 heavy (non-hydrogen) atoms. The Morgan fingerprint density at radius 3 is 3.11 bits per heavy atom. The molecule has 2 fully saturated rings. The van der Waals surface area contributed by atoms with Gasteiger partial charge in [-0.1, -0.05) is 0 Å². The van der Waals surface area contributed by atoms with Crippen molar-refractivity contribution in [2.24, 2.45) is 0 Å². The lowest BCUT2D eigenvalue weighted by atomic mass is 10.2. The molecule has 1 aromatic rings. The lowest BCUT2D eigenvalue weighted by molar-refractivity contribution is 0.157. The number of nitrogens with zero attached hydrogens (tertiary/aromatic N) is 5. The highest BCUT2D eigenvalue weighted by atomic mass is 16.6. The van der Waals surface area contributed by atoms with Crippen LogP contribution in [0.1, 0.15) is 5.56 Å². The number of piperazine rings is 1. The van der Waals surface area contributed by atoms with E-state index in [9.17, 15) is 4.79 Å². The maximum atomic E-state index is 11.4. The van der Waals surface area contributed by atoms with Crippen LogP contribution in [0.5, 0.6) is 0 Å². The minimum atomic E-state index is -0.259. The van der Waals surface area contributed by atoms with Gasteiger partial charge in [0.2, 0.25) is 5.95 Å². The van der Waals surface area contributed by atoms with Crippen molar-refractivity contribution in [1.29, 1.82) is 5.26 Å². The zero-order chi connectivity index (χ0) is 13.4. The van der Waals surface area contributed by atoms with Crippen LogP contribution >= 0.6 is 0 Å². The first-order valence-corrected chi connectivity index (χ1v) is 5.90. The van der Waals surface area contributed by atoms with Crippen molar-refractivity contribution in [3.8, 4) is 6.07 Å². The molecule has 2 aliphatic rings. The van der Waals surface area contributed by atoms with Crippen LogP contribution in [0.2, 0.25) is 0 Å². The average molecular weight is 260 g/mol. The number of nitrogen functional groups attached to an aromatic ring is 1. The highest BCUT2D eigenvalue weighted by molar-refractivity contribution is 5.70. The van der Waals surface area contributed by atoms with E-state index in [0.29, 0.717) is 32.2 Å². The Morgan fingerprint density at radius 1 is 1.53 bits per heavy atom. The molecule has 8 heteroatoms. The van der Waals surface area contributed by atoms with E-state index in [1.165, 1.54) is 6.20 Å². The summed E-state index contributed by atoms with van der Waals surface area (Å²) in [5.41, 5.74) is 5.94. The number of aromatic nitrogens is 2. The molecule has 1 unspecified atom stereocenters. The number of hydrogen-bond donors (Lipinski definition) is 1. The fraction of sp³-hybridized carbons (Fsp3) is 0.455. The SMILES string of the molecule is N#Cc1cnc(N2CCN3C(=O)OCC3C2)nc1N. The van der Waals surface area contributed by atoms with Gasteiger partial charge in [-0.05, 0) is 0 Å². The van der Waals surface area contributed by atoms with E-state index >= 15 is 0 Å². The zero-order valence-corrected chi connectivity index (χ0v) is 10.1. The van der Waals surface area contributed by atoms with Crippen molar-refractivity contribution in [2.75, 3.05) is 36.9 Å². The predicted molar refractivity (Wildman–Crippen MR) is 65.2 cm³/mol. The van der Waals surface area contributed by atoms with Crippen molar-refractivity contribution in [2.45, 2.75) is 6.04 Å². The molecule has 1 atom stereocenters. The summed E-state index contributed by atoms with van der Waals surface area (Å²) in [6, 6.07) is 1.96. The molecule has 0 saturated carbocycles.